The van der Waals surface area contributed by atoms with E-state index in [0.29, 0.717) is 36.4 Å². The normalized spacial score (nSPS) is 19.7. The van der Waals surface area contributed by atoms with Crippen LogP contribution in [0.1, 0.15) is 35.6 Å². The zero-order chi connectivity index (χ0) is 23.7. The molecule has 5 rings (SSSR count). The van der Waals surface area contributed by atoms with Gasteiger partial charge in [0, 0.05) is 12.0 Å². The molecule has 174 valence electrons. The number of carboxylic acid groups (broad SMARTS) is 1. The average molecular weight is 481 g/mol. The number of epoxide rings is 1. The van der Waals surface area contributed by atoms with Gasteiger partial charge in [-0.05, 0) is 55.2 Å². The largest absolute Gasteiger partial charge is 1.00 e. The first-order valence-corrected chi connectivity index (χ1v) is 11.2. The molecule has 3 aromatic rings. The van der Waals surface area contributed by atoms with Crippen molar-refractivity contribution in [2.45, 2.75) is 38.1 Å². The number of carbonyl (C=O) groups excluding carboxylic acids is 2. The minimum absolute atomic E-state index is 0. The maximum absolute atomic E-state index is 13.5. The Kier molecular flexibility index (Phi) is 7.52. The molecular formula is C27H24NNaO6. The van der Waals surface area contributed by atoms with Gasteiger partial charge < -0.3 is 24.1 Å². The molecule has 0 N–H and O–H groups in total. The molecule has 0 bridgehead atoms. The van der Waals surface area contributed by atoms with Crippen LogP contribution < -0.4 is 44.3 Å². The summed E-state index contributed by atoms with van der Waals surface area (Å²) in [6.45, 7) is 1.35. The molecule has 1 aliphatic heterocycles. The Morgan fingerprint density at radius 2 is 1.66 bits per heavy atom. The molecule has 0 spiro atoms. The Hall–Kier alpha value is -2.84. The van der Waals surface area contributed by atoms with E-state index in [1.54, 1.807) is 0 Å². The Balaban J connectivity index is 0.00000289. The van der Waals surface area contributed by atoms with Gasteiger partial charge in [-0.3, -0.25) is 0 Å². The van der Waals surface area contributed by atoms with Crippen LogP contribution >= 0.6 is 0 Å². The summed E-state index contributed by atoms with van der Waals surface area (Å²) >= 11 is 0. The summed E-state index contributed by atoms with van der Waals surface area (Å²) in [7, 11) is 0. The van der Waals surface area contributed by atoms with Crippen LogP contribution in [0, 0.1) is 6.92 Å². The smallest absolute Gasteiger partial charge is 0.546 e. The molecule has 2 aliphatic rings. The summed E-state index contributed by atoms with van der Waals surface area (Å²) in [5.74, 6) is -1.81. The average Bonchev–Trinajstić information content (AvgIpc) is 3.54. The van der Waals surface area contributed by atoms with Gasteiger partial charge >= 0.3 is 35.7 Å². The van der Waals surface area contributed by atoms with Crippen molar-refractivity contribution in [1.29, 1.82) is 0 Å². The van der Waals surface area contributed by atoms with Gasteiger partial charge in [0.1, 0.15) is 12.4 Å². The number of hydrogen-bond acceptors (Lipinski definition) is 6. The van der Waals surface area contributed by atoms with Gasteiger partial charge in [0.2, 0.25) is 5.79 Å². The van der Waals surface area contributed by atoms with Crippen molar-refractivity contribution in [3.8, 4) is 5.75 Å². The second-order valence-corrected chi connectivity index (χ2v) is 8.48. The number of carbonyl (C=O) groups is 2. The van der Waals surface area contributed by atoms with Crippen LogP contribution in [-0.4, -0.2) is 24.5 Å². The van der Waals surface area contributed by atoms with E-state index in [0.717, 1.165) is 16.7 Å². The summed E-state index contributed by atoms with van der Waals surface area (Å²) in [6, 6.07) is 22.5. The molecule has 1 heterocycles. The van der Waals surface area contributed by atoms with E-state index in [1.165, 1.54) is 4.90 Å². The summed E-state index contributed by atoms with van der Waals surface area (Å²) in [5, 5.41) is 10.9. The van der Waals surface area contributed by atoms with Gasteiger partial charge in [0.05, 0.1) is 17.3 Å². The van der Waals surface area contributed by atoms with E-state index < -0.39 is 30.6 Å². The third kappa shape index (κ3) is 5.09. The van der Waals surface area contributed by atoms with Crippen LogP contribution in [0.5, 0.6) is 5.75 Å². The number of amides is 1. The number of anilines is 2. The second kappa shape index (κ2) is 10.4. The molecule has 1 saturated heterocycles. The van der Waals surface area contributed by atoms with Gasteiger partial charge in [0.25, 0.3) is 0 Å². The third-order valence-corrected chi connectivity index (χ3v) is 6.19. The molecule has 2 unspecified atom stereocenters. The number of carboxylic acids is 1. The maximum atomic E-state index is 13.5. The van der Waals surface area contributed by atoms with Crippen LogP contribution in [0.25, 0.3) is 0 Å². The van der Waals surface area contributed by atoms with E-state index in [9.17, 15) is 14.7 Å². The summed E-state index contributed by atoms with van der Waals surface area (Å²) < 4.78 is 17.6. The number of para-hydroxylation sites is 2. The Morgan fingerprint density at radius 1 is 1.03 bits per heavy atom. The Bertz CT molecular complexity index is 1180. The Morgan fingerprint density at radius 3 is 2.26 bits per heavy atom. The molecule has 0 aromatic heterocycles. The van der Waals surface area contributed by atoms with E-state index >= 15 is 0 Å². The van der Waals surface area contributed by atoms with Crippen molar-refractivity contribution in [2.75, 3.05) is 11.5 Å². The minimum Gasteiger partial charge on any atom is -0.546 e. The van der Waals surface area contributed by atoms with Crippen LogP contribution in [0.2, 0.25) is 0 Å². The van der Waals surface area contributed by atoms with Crippen molar-refractivity contribution in [3.63, 3.8) is 0 Å². The van der Waals surface area contributed by atoms with Crippen molar-refractivity contribution in [1.82, 2.24) is 0 Å². The Labute approximate surface area is 225 Å². The summed E-state index contributed by atoms with van der Waals surface area (Å²) in [4.78, 5) is 26.0. The fraction of sp³-hybridized carbons (Fsp3) is 0.259. The van der Waals surface area contributed by atoms with Gasteiger partial charge in [0.15, 0.2) is 6.10 Å². The van der Waals surface area contributed by atoms with Crippen LogP contribution in [-0.2, 0) is 20.7 Å². The van der Waals surface area contributed by atoms with Gasteiger partial charge in [-0.25, -0.2) is 9.69 Å². The first-order chi connectivity index (χ1) is 16.5. The molecular weight excluding hydrogens is 457 g/mol. The van der Waals surface area contributed by atoms with E-state index in [-0.39, 0.29) is 29.6 Å². The number of ether oxygens (including phenoxy) is 3. The number of fused-ring (bicyclic) bond motifs is 3. The van der Waals surface area contributed by atoms with Crippen molar-refractivity contribution >= 4 is 23.4 Å². The number of benzene rings is 3. The first kappa shape index (κ1) is 25.3. The van der Waals surface area contributed by atoms with Crippen LogP contribution in [0.15, 0.2) is 72.8 Å². The van der Waals surface area contributed by atoms with Crippen LogP contribution in [0.3, 0.4) is 0 Å². The number of nitrogens with zero attached hydrogens (tertiary/aromatic N) is 1. The topological polar surface area (TPSA) is 91.4 Å². The first-order valence-electron chi connectivity index (χ1n) is 11.2. The van der Waals surface area contributed by atoms with E-state index in [2.05, 4.69) is 0 Å². The second-order valence-electron chi connectivity index (χ2n) is 8.48. The quantitative estimate of drug-likeness (QED) is 0.388. The molecule has 0 radical (unpaired) electrons. The number of hydrogen-bond donors (Lipinski definition) is 0. The fourth-order valence-corrected chi connectivity index (χ4v) is 4.60. The van der Waals surface area contributed by atoms with Crippen molar-refractivity contribution in [2.24, 2.45) is 0 Å². The van der Waals surface area contributed by atoms with E-state index in [1.807, 2.05) is 79.7 Å². The zero-order valence-electron chi connectivity index (χ0n) is 19.7. The van der Waals surface area contributed by atoms with E-state index in [4.69, 9.17) is 14.2 Å². The predicted octanol–water partition coefficient (Wildman–Crippen LogP) is 1.21. The van der Waals surface area contributed by atoms with Gasteiger partial charge in [-0.15, -0.1) is 0 Å². The SMILES string of the molecule is Cc1ccc2c(c1OCC(=O)[O-])CCCC1(OC(=O)N(c3ccccc3)c3ccccc3)OC21.[Na+]. The predicted molar refractivity (Wildman–Crippen MR) is 123 cm³/mol. The molecule has 2 atom stereocenters. The fourth-order valence-electron chi connectivity index (χ4n) is 4.60. The van der Waals surface area contributed by atoms with Gasteiger partial charge in [-0.1, -0.05) is 48.5 Å². The number of aliphatic carboxylic acids is 1. The van der Waals surface area contributed by atoms with Crippen LogP contribution in [0.4, 0.5) is 16.2 Å². The van der Waals surface area contributed by atoms with Crippen molar-refractivity contribution in [3.05, 3.63) is 89.5 Å². The number of rotatable bonds is 6. The molecule has 1 fully saturated rings. The summed E-state index contributed by atoms with van der Waals surface area (Å²) in [5.41, 5.74) is 3.97. The molecule has 1 aliphatic carbocycles. The molecule has 8 heteroatoms. The molecule has 7 nitrogen and oxygen atoms in total. The molecule has 0 saturated carbocycles. The minimum atomic E-state index is -1.28. The third-order valence-electron chi connectivity index (χ3n) is 6.19. The van der Waals surface area contributed by atoms with Crippen molar-refractivity contribution < 1.29 is 58.5 Å². The molecule has 35 heavy (non-hydrogen) atoms. The standard InChI is InChI=1S/C27H25NO6.Na/c1-18-14-15-22-21(24(18)32-17-23(29)30)13-8-16-27(25(22)33-27)34-26(31)28(19-9-4-2-5-10-19)20-11-6-3-7-12-20;/h2-7,9-12,14-15,25H,8,13,16-17H2,1H3,(H,29,30);/q;+1/p-1. The summed E-state index contributed by atoms with van der Waals surface area (Å²) in [6.07, 6.45) is 0.921. The monoisotopic (exact) mass is 481 g/mol. The molecule has 1 amide bonds. The van der Waals surface area contributed by atoms with Gasteiger partial charge in [-0.2, -0.15) is 0 Å². The molecule has 3 aromatic carbocycles. The maximum Gasteiger partial charge on any atom is 1.00 e. The zero-order valence-corrected chi connectivity index (χ0v) is 21.7. The number of aryl methyl sites for hydroxylation is 1.